The summed E-state index contributed by atoms with van der Waals surface area (Å²) in [5.41, 5.74) is -0.874. The van der Waals surface area contributed by atoms with Crippen molar-refractivity contribution >= 4 is 5.97 Å². The first-order chi connectivity index (χ1) is 11.4. The molecular weight excluding hydrogens is 322 g/mol. The van der Waals surface area contributed by atoms with E-state index in [0.717, 1.165) is 6.42 Å². The summed E-state index contributed by atoms with van der Waals surface area (Å²) in [4.78, 5) is 11.7. The smallest absolute Gasteiger partial charge is 0.333 e. The minimum Gasteiger partial charge on any atom is -0.462 e. The van der Waals surface area contributed by atoms with Gasteiger partial charge in [-0.15, -0.1) is 0 Å². The number of nitrogens with zero attached hydrogens (tertiary/aromatic N) is 1. The van der Waals surface area contributed by atoms with Crippen molar-refractivity contribution in [3.63, 3.8) is 0 Å². The molecule has 2 fully saturated rings. The largest absolute Gasteiger partial charge is 0.462 e. The van der Waals surface area contributed by atoms with Crippen LogP contribution in [0.1, 0.15) is 60.8 Å². The molecule has 0 unspecified atom stereocenters. The van der Waals surface area contributed by atoms with E-state index in [0.29, 0.717) is 31.6 Å². The van der Waals surface area contributed by atoms with Gasteiger partial charge in [-0.3, -0.25) is 0 Å². The van der Waals surface area contributed by atoms with Crippen LogP contribution in [-0.4, -0.2) is 52.9 Å². The van der Waals surface area contributed by atoms with Crippen LogP contribution < -0.4 is 0 Å². The van der Waals surface area contributed by atoms with E-state index in [4.69, 9.17) is 14.2 Å². The fourth-order valence-electron chi connectivity index (χ4n) is 3.94. The maximum Gasteiger partial charge on any atom is 0.333 e. The summed E-state index contributed by atoms with van der Waals surface area (Å²) in [5.74, 6) is -1.10. The van der Waals surface area contributed by atoms with Crippen LogP contribution in [0.15, 0.2) is 12.2 Å². The van der Waals surface area contributed by atoms with Crippen molar-refractivity contribution in [2.45, 2.75) is 77.7 Å². The molecule has 0 aromatic heterocycles. The number of ether oxygens (including phenoxy) is 3. The number of piperidine rings is 1. The maximum atomic E-state index is 11.7. The van der Waals surface area contributed by atoms with Crippen LogP contribution in [0.5, 0.6) is 0 Å². The summed E-state index contributed by atoms with van der Waals surface area (Å²) in [6.45, 7) is 16.4. The quantitative estimate of drug-likeness (QED) is 0.616. The predicted octanol–water partition coefficient (Wildman–Crippen LogP) is 3.29. The molecule has 6 heteroatoms. The van der Waals surface area contributed by atoms with Gasteiger partial charge in [0.15, 0.2) is 5.79 Å². The summed E-state index contributed by atoms with van der Waals surface area (Å²) < 4.78 is 17.9. The molecule has 2 saturated heterocycles. The molecule has 6 nitrogen and oxygen atoms in total. The molecule has 0 saturated carbocycles. The molecule has 144 valence electrons. The third-order valence-corrected chi connectivity index (χ3v) is 5.44. The fourth-order valence-corrected chi connectivity index (χ4v) is 3.94. The fraction of sp³-hybridized carbons (Fsp3) is 0.842. The van der Waals surface area contributed by atoms with E-state index < -0.39 is 16.9 Å². The summed E-state index contributed by atoms with van der Waals surface area (Å²) >= 11 is 0. The van der Waals surface area contributed by atoms with Gasteiger partial charge >= 0.3 is 5.97 Å². The van der Waals surface area contributed by atoms with Crippen LogP contribution in [0.25, 0.3) is 0 Å². The lowest BCUT2D eigenvalue weighted by atomic mass is 9.76. The molecule has 25 heavy (non-hydrogen) atoms. The van der Waals surface area contributed by atoms with Crippen LogP contribution >= 0.6 is 0 Å². The van der Waals surface area contributed by atoms with Gasteiger partial charge in [-0.25, -0.2) is 4.79 Å². The van der Waals surface area contributed by atoms with Gasteiger partial charge in [-0.1, -0.05) is 13.5 Å². The highest BCUT2D eigenvalue weighted by atomic mass is 16.7. The van der Waals surface area contributed by atoms with Crippen molar-refractivity contribution in [3.05, 3.63) is 12.2 Å². The number of hydrogen-bond donors (Lipinski definition) is 1. The predicted molar refractivity (Wildman–Crippen MR) is 94.1 cm³/mol. The minimum atomic E-state index is -0.719. The molecule has 0 amide bonds. The Morgan fingerprint density at radius 1 is 1.16 bits per heavy atom. The molecule has 2 heterocycles. The van der Waals surface area contributed by atoms with Crippen molar-refractivity contribution in [1.82, 2.24) is 5.06 Å². The molecule has 0 atom stereocenters. The molecule has 1 spiro atoms. The van der Waals surface area contributed by atoms with Crippen molar-refractivity contribution in [3.8, 4) is 0 Å². The molecular formula is C19H33NO5. The normalized spacial score (nSPS) is 27.0. The highest BCUT2D eigenvalue weighted by Crippen LogP contribution is 2.48. The van der Waals surface area contributed by atoms with Crippen molar-refractivity contribution in [2.24, 2.45) is 5.41 Å². The first-order valence-electron chi connectivity index (χ1n) is 8.97. The standard InChI is InChI=1S/C19H33NO5/c1-8-18(11-23-15(21)14(2)3)12-24-19(25-13-18)9-16(4,5)20(22)17(6,7)10-19/h22H,2,8-13H2,1,3-7H3. The highest BCUT2D eigenvalue weighted by molar-refractivity contribution is 5.86. The Morgan fingerprint density at radius 2 is 1.64 bits per heavy atom. The average Bonchev–Trinajstić information content (AvgIpc) is 2.51. The van der Waals surface area contributed by atoms with Crippen molar-refractivity contribution < 1.29 is 24.2 Å². The van der Waals surface area contributed by atoms with Gasteiger partial charge in [0.25, 0.3) is 0 Å². The molecule has 0 aromatic rings. The van der Waals surface area contributed by atoms with Gasteiger partial charge < -0.3 is 19.4 Å². The van der Waals surface area contributed by atoms with E-state index in [2.05, 4.69) is 6.58 Å². The zero-order valence-corrected chi connectivity index (χ0v) is 16.5. The lowest BCUT2D eigenvalue weighted by molar-refractivity contribution is -0.375. The molecule has 2 aliphatic rings. The average molecular weight is 355 g/mol. The lowest BCUT2D eigenvalue weighted by Gasteiger charge is -2.58. The van der Waals surface area contributed by atoms with Gasteiger partial charge in [0.05, 0.1) is 18.6 Å². The Labute approximate surface area is 151 Å². The van der Waals surface area contributed by atoms with Crippen LogP contribution in [0, 0.1) is 5.41 Å². The molecule has 1 N–H and O–H groups in total. The van der Waals surface area contributed by atoms with Gasteiger partial charge in [0, 0.05) is 29.5 Å². The second-order valence-corrected chi connectivity index (χ2v) is 8.99. The molecule has 2 rings (SSSR count). The van der Waals surface area contributed by atoms with Crippen LogP contribution in [0.3, 0.4) is 0 Å². The van der Waals surface area contributed by atoms with Gasteiger partial charge in [-0.2, -0.15) is 5.06 Å². The van der Waals surface area contributed by atoms with Crippen molar-refractivity contribution in [1.29, 1.82) is 0 Å². The Hall–Kier alpha value is -0.950. The number of hydrogen-bond acceptors (Lipinski definition) is 6. The van der Waals surface area contributed by atoms with Crippen molar-refractivity contribution in [2.75, 3.05) is 19.8 Å². The van der Waals surface area contributed by atoms with Gasteiger partial charge in [0.1, 0.15) is 6.61 Å². The SMILES string of the molecule is C=C(C)C(=O)OCC1(CC)COC2(CC(C)(C)N(O)C(C)(C)C2)OC1. The third kappa shape index (κ3) is 4.08. The zero-order chi connectivity index (χ0) is 19.1. The zero-order valence-electron chi connectivity index (χ0n) is 16.5. The molecule has 0 aromatic carbocycles. The number of esters is 1. The minimum absolute atomic E-state index is 0.254. The molecule has 0 bridgehead atoms. The highest BCUT2D eigenvalue weighted by Gasteiger charge is 2.56. The maximum absolute atomic E-state index is 11.7. The third-order valence-electron chi connectivity index (χ3n) is 5.44. The van der Waals surface area contributed by atoms with E-state index in [1.807, 2.05) is 34.6 Å². The van der Waals surface area contributed by atoms with E-state index in [-0.39, 0.29) is 18.0 Å². The summed E-state index contributed by atoms with van der Waals surface area (Å²) in [7, 11) is 0. The van der Waals surface area contributed by atoms with E-state index in [1.165, 1.54) is 5.06 Å². The lowest BCUT2D eigenvalue weighted by Crippen LogP contribution is -2.67. The summed E-state index contributed by atoms with van der Waals surface area (Å²) in [5, 5.41) is 11.9. The second kappa shape index (κ2) is 6.65. The summed E-state index contributed by atoms with van der Waals surface area (Å²) in [6.07, 6.45) is 1.93. The van der Waals surface area contributed by atoms with Crippen LogP contribution in [-0.2, 0) is 19.0 Å². The Morgan fingerprint density at radius 3 is 2.04 bits per heavy atom. The number of carbonyl (C=O) groups is 1. The number of carbonyl (C=O) groups excluding carboxylic acids is 1. The molecule has 0 aliphatic carbocycles. The van der Waals surface area contributed by atoms with E-state index in [9.17, 15) is 10.0 Å². The number of hydroxylamine groups is 2. The first kappa shape index (κ1) is 20.4. The second-order valence-electron chi connectivity index (χ2n) is 8.99. The van der Waals surface area contributed by atoms with Crippen LogP contribution in [0.2, 0.25) is 0 Å². The first-order valence-corrected chi connectivity index (χ1v) is 8.97. The molecule has 0 radical (unpaired) electrons. The van der Waals surface area contributed by atoms with Gasteiger partial charge in [-0.05, 0) is 41.0 Å². The Kier molecular flexibility index (Phi) is 5.42. The Balaban J connectivity index is 2.08. The van der Waals surface area contributed by atoms with E-state index in [1.54, 1.807) is 6.92 Å². The van der Waals surface area contributed by atoms with Gasteiger partial charge in [0.2, 0.25) is 0 Å². The monoisotopic (exact) mass is 355 g/mol. The Bertz CT molecular complexity index is 512. The number of rotatable bonds is 4. The topological polar surface area (TPSA) is 68.2 Å². The summed E-state index contributed by atoms with van der Waals surface area (Å²) in [6, 6.07) is 0. The van der Waals surface area contributed by atoms with E-state index >= 15 is 0 Å². The molecule has 2 aliphatic heterocycles. The van der Waals surface area contributed by atoms with Crippen LogP contribution in [0.4, 0.5) is 0 Å².